The smallest absolute Gasteiger partial charge is 0.223 e. The van der Waals surface area contributed by atoms with E-state index in [1.807, 2.05) is 12.1 Å². The fourth-order valence-electron chi connectivity index (χ4n) is 2.10. The van der Waals surface area contributed by atoms with Crippen molar-refractivity contribution in [3.63, 3.8) is 0 Å². The molecular weight excluding hydrogens is 230 g/mol. The number of ether oxygens (including phenoxy) is 1. The molecule has 0 spiro atoms. The van der Waals surface area contributed by atoms with Crippen LogP contribution in [0.4, 0.5) is 0 Å². The van der Waals surface area contributed by atoms with E-state index in [-0.39, 0.29) is 11.7 Å². The molecule has 0 saturated heterocycles. The van der Waals surface area contributed by atoms with Crippen LogP contribution in [0, 0.1) is 0 Å². The molecule has 0 atom stereocenters. The maximum atomic E-state index is 11.6. The van der Waals surface area contributed by atoms with Crippen LogP contribution in [0.5, 0.6) is 5.75 Å². The Morgan fingerprint density at radius 1 is 1.39 bits per heavy atom. The van der Waals surface area contributed by atoms with E-state index in [0.717, 1.165) is 29.7 Å². The highest BCUT2D eigenvalue weighted by Gasteiger charge is 2.17. The van der Waals surface area contributed by atoms with Crippen LogP contribution < -0.4 is 10.1 Å². The van der Waals surface area contributed by atoms with Crippen molar-refractivity contribution in [3.8, 4) is 5.75 Å². The molecule has 1 aromatic rings. The maximum absolute atomic E-state index is 11.6. The molecule has 2 rings (SSSR count). The van der Waals surface area contributed by atoms with Crippen LogP contribution in [0.1, 0.15) is 35.2 Å². The second-order valence-corrected chi connectivity index (χ2v) is 4.37. The van der Waals surface area contributed by atoms with Gasteiger partial charge in [0.2, 0.25) is 5.91 Å². The second-order valence-electron chi connectivity index (χ2n) is 4.37. The van der Waals surface area contributed by atoms with E-state index in [9.17, 15) is 9.59 Å². The van der Waals surface area contributed by atoms with Crippen LogP contribution in [0.15, 0.2) is 18.2 Å². The van der Waals surface area contributed by atoms with E-state index in [1.165, 1.54) is 0 Å². The molecule has 0 aromatic heterocycles. The van der Waals surface area contributed by atoms with E-state index in [1.54, 1.807) is 13.1 Å². The molecule has 0 fully saturated rings. The third-order valence-corrected chi connectivity index (χ3v) is 3.10. The summed E-state index contributed by atoms with van der Waals surface area (Å²) in [4.78, 5) is 22.7. The van der Waals surface area contributed by atoms with Crippen LogP contribution in [-0.2, 0) is 11.2 Å². The molecule has 0 heterocycles. The Balaban J connectivity index is 1.98. The summed E-state index contributed by atoms with van der Waals surface area (Å²) in [6.45, 7) is 0.354. The second kappa shape index (κ2) is 5.67. The lowest BCUT2D eigenvalue weighted by atomic mass is 9.90. The van der Waals surface area contributed by atoms with Gasteiger partial charge in [0.25, 0.3) is 0 Å². The summed E-state index contributed by atoms with van der Waals surface area (Å²) >= 11 is 0. The topological polar surface area (TPSA) is 55.4 Å². The van der Waals surface area contributed by atoms with Crippen molar-refractivity contribution in [2.75, 3.05) is 13.7 Å². The zero-order valence-electron chi connectivity index (χ0n) is 10.5. The van der Waals surface area contributed by atoms with Gasteiger partial charge in [0.1, 0.15) is 5.75 Å². The number of hydrogen-bond donors (Lipinski definition) is 1. The number of hydrogen-bond acceptors (Lipinski definition) is 3. The fourth-order valence-corrected chi connectivity index (χ4v) is 2.10. The summed E-state index contributed by atoms with van der Waals surface area (Å²) < 4.78 is 5.51. The van der Waals surface area contributed by atoms with Crippen molar-refractivity contribution >= 4 is 11.7 Å². The first-order valence-electron chi connectivity index (χ1n) is 6.20. The minimum atomic E-state index is -0.0388. The molecule has 4 nitrogen and oxygen atoms in total. The Morgan fingerprint density at radius 2 is 2.22 bits per heavy atom. The number of amides is 1. The summed E-state index contributed by atoms with van der Waals surface area (Å²) in [5.74, 6) is 0.906. The number of carbonyl (C=O) groups is 2. The first-order valence-corrected chi connectivity index (χ1v) is 6.20. The zero-order valence-corrected chi connectivity index (χ0v) is 10.5. The number of carbonyl (C=O) groups excluding carboxylic acids is 2. The maximum Gasteiger partial charge on any atom is 0.223 e. The highest BCUT2D eigenvalue weighted by molar-refractivity contribution is 5.98. The summed E-state index contributed by atoms with van der Waals surface area (Å²) in [6, 6.07) is 5.54. The summed E-state index contributed by atoms with van der Waals surface area (Å²) in [5, 5.41) is 2.54. The number of Topliss-reactive ketones (excluding diaryl/α,β-unsaturated/α-hetero) is 1. The molecule has 1 aliphatic carbocycles. The molecule has 1 aliphatic rings. The molecule has 0 radical (unpaired) electrons. The summed E-state index contributed by atoms with van der Waals surface area (Å²) in [5.41, 5.74) is 1.88. The van der Waals surface area contributed by atoms with Gasteiger partial charge in [0, 0.05) is 19.0 Å². The molecule has 96 valence electrons. The molecule has 0 saturated carbocycles. The van der Waals surface area contributed by atoms with E-state index in [0.29, 0.717) is 19.4 Å². The number of rotatable bonds is 4. The average Bonchev–Trinajstić information content (AvgIpc) is 2.38. The lowest BCUT2D eigenvalue weighted by molar-refractivity contribution is -0.121. The molecule has 4 heteroatoms. The van der Waals surface area contributed by atoms with Crippen molar-refractivity contribution in [1.82, 2.24) is 5.32 Å². The molecule has 0 unspecified atom stereocenters. The Kier molecular flexibility index (Phi) is 3.97. The first kappa shape index (κ1) is 12.6. The predicted molar refractivity (Wildman–Crippen MR) is 67.9 cm³/mol. The monoisotopic (exact) mass is 247 g/mol. The third kappa shape index (κ3) is 2.88. The largest absolute Gasteiger partial charge is 0.493 e. The van der Waals surface area contributed by atoms with Crippen LogP contribution in [0.3, 0.4) is 0 Å². The summed E-state index contributed by atoms with van der Waals surface area (Å²) in [7, 11) is 1.60. The normalized spacial score (nSPS) is 13.9. The van der Waals surface area contributed by atoms with E-state index < -0.39 is 0 Å². The number of ketones is 1. The Morgan fingerprint density at radius 3 is 3.00 bits per heavy atom. The minimum absolute atomic E-state index is 0.0388. The standard InChI is InChI=1S/C14H17NO3/c1-15-14(17)7-8-18-11-5-6-12-10(9-11)3-2-4-13(12)16/h5-6,9H,2-4,7-8H2,1H3,(H,15,17). The van der Waals surface area contributed by atoms with Gasteiger partial charge in [-0.05, 0) is 36.6 Å². The van der Waals surface area contributed by atoms with Crippen molar-refractivity contribution in [3.05, 3.63) is 29.3 Å². The molecule has 1 N–H and O–H groups in total. The lowest BCUT2D eigenvalue weighted by Gasteiger charge is -2.15. The van der Waals surface area contributed by atoms with Gasteiger partial charge >= 0.3 is 0 Å². The van der Waals surface area contributed by atoms with Gasteiger partial charge in [-0.25, -0.2) is 0 Å². The van der Waals surface area contributed by atoms with Gasteiger partial charge in [-0.1, -0.05) is 0 Å². The number of nitrogens with one attached hydrogen (secondary N) is 1. The van der Waals surface area contributed by atoms with Gasteiger partial charge in [-0.2, -0.15) is 0 Å². The molecule has 1 aromatic carbocycles. The van der Waals surface area contributed by atoms with Crippen LogP contribution >= 0.6 is 0 Å². The SMILES string of the molecule is CNC(=O)CCOc1ccc2c(c1)CCCC2=O. The quantitative estimate of drug-likeness (QED) is 0.881. The minimum Gasteiger partial charge on any atom is -0.493 e. The van der Waals surface area contributed by atoms with Crippen LogP contribution in [-0.4, -0.2) is 25.3 Å². The van der Waals surface area contributed by atoms with Crippen molar-refractivity contribution < 1.29 is 14.3 Å². The van der Waals surface area contributed by atoms with Crippen molar-refractivity contribution in [2.24, 2.45) is 0 Å². The van der Waals surface area contributed by atoms with Crippen molar-refractivity contribution in [1.29, 1.82) is 0 Å². The molecule has 0 bridgehead atoms. The predicted octanol–water partition coefficient (Wildman–Crippen LogP) is 1.72. The summed E-state index contributed by atoms with van der Waals surface area (Å²) in [6.07, 6.45) is 2.82. The molecule has 1 amide bonds. The number of benzene rings is 1. The van der Waals surface area contributed by atoms with E-state index >= 15 is 0 Å². The van der Waals surface area contributed by atoms with E-state index in [4.69, 9.17) is 4.74 Å². The Labute approximate surface area is 106 Å². The van der Waals surface area contributed by atoms with Gasteiger partial charge in [0.05, 0.1) is 13.0 Å². The number of aryl methyl sites for hydroxylation is 1. The Hall–Kier alpha value is -1.84. The first-order chi connectivity index (χ1) is 8.70. The van der Waals surface area contributed by atoms with Crippen LogP contribution in [0.2, 0.25) is 0 Å². The average molecular weight is 247 g/mol. The molecular formula is C14H17NO3. The van der Waals surface area contributed by atoms with E-state index in [2.05, 4.69) is 5.32 Å². The van der Waals surface area contributed by atoms with Crippen molar-refractivity contribution in [2.45, 2.75) is 25.7 Å². The van der Waals surface area contributed by atoms with Gasteiger partial charge in [0.15, 0.2) is 5.78 Å². The van der Waals surface area contributed by atoms with Gasteiger partial charge in [-0.3, -0.25) is 9.59 Å². The lowest BCUT2D eigenvalue weighted by Crippen LogP contribution is -2.20. The molecule has 18 heavy (non-hydrogen) atoms. The molecule has 0 aliphatic heterocycles. The number of fused-ring (bicyclic) bond motifs is 1. The van der Waals surface area contributed by atoms with Gasteiger partial charge in [-0.15, -0.1) is 0 Å². The third-order valence-electron chi connectivity index (χ3n) is 3.10. The highest BCUT2D eigenvalue weighted by Crippen LogP contribution is 2.25. The van der Waals surface area contributed by atoms with Crippen LogP contribution in [0.25, 0.3) is 0 Å². The highest BCUT2D eigenvalue weighted by atomic mass is 16.5. The fraction of sp³-hybridized carbons (Fsp3) is 0.429. The Bertz CT molecular complexity index is 468. The zero-order chi connectivity index (χ0) is 13.0. The van der Waals surface area contributed by atoms with Gasteiger partial charge < -0.3 is 10.1 Å².